The van der Waals surface area contributed by atoms with Crippen molar-refractivity contribution in [3.63, 3.8) is 0 Å². The average Bonchev–Trinajstić information content (AvgIpc) is 3.52. The molecule has 3 aliphatic heterocycles. The number of hydrogen-bond donors (Lipinski definition) is 0. The van der Waals surface area contributed by atoms with Crippen molar-refractivity contribution in [3.8, 4) is 0 Å². The Morgan fingerprint density at radius 3 is 2.55 bits per heavy atom. The summed E-state index contributed by atoms with van der Waals surface area (Å²) in [6, 6.07) is 13.7. The zero-order chi connectivity index (χ0) is 22.9. The number of benzene rings is 2. The lowest BCUT2D eigenvalue weighted by molar-refractivity contribution is -0.123. The van der Waals surface area contributed by atoms with E-state index in [1.807, 2.05) is 46.8 Å². The van der Waals surface area contributed by atoms with E-state index < -0.39 is 41.6 Å². The number of imide groups is 1. The van der Waals surface area contributed by atoms with E-state index >= 15 is 0 Å². The lowest BCUT2D eigenvalue weighted by Gasteiger charge is -2.35. The summed E-state index contributed by atoms with van der Waals surface area (Å²) >= 11 is 7.25. The summed E-state index contributed by atoms with van der Waals surface area (Å²) in [6.07, 6.45) is 3.73. The molecule has 4 unspecified atom stereocenters. The number of carbonyl (C=O) groups is 3. The van der Waals surface area contributed by atoms with Gasteiger partial charge in [-0.15, -0.1) is 11.3 Å². The van der Waals surface area contributed by atoms with Crippen LogP contribution in [0, 0.1) is 17.7 Å². The number of Topliss-reactive ketones (excluding diaryl/α,β-unsaturated/α-hetero) is 1. The molecule has 0 saturated carbocycles. The summed E-state index contributed by atoms with van der Waals surface area (Å²) in [5.74, 6) is -3.31. The molecule has 4 heterocycles. The van der Waals surface area contributed by atoms with Gasteiger partial charge < -0.3 is 4.90 Å². The maximum Gasteiger partial charge on any atom is 0.240 e. The van der Waals surface area contributed by atoms with Gasteiger partial charge in [0.25, 0.3) is 0 Å². The van der Waals surface area contributed by atoms with Gasteiger partial charge in [-0.2, -0.15) is 0 Å². The first-order valence-corrected chi connectivity index (χ1v) is 11.7. The van der Waals surface area contributed by atoms with Gasteiger partial charge in [0.15, 0.2) is 5.78 Å². The summed E-state index contributed by atoms with van der Waals surface area (Å²) in [5.41, 5.74) is 2.06. The molecule has 2 fully saturated rings. The highest BCUT2D eigenvalue weighted by Gasteiger charge is 2.64. The van der Waals surface area contributed by atoms with Crippen molar-refractivity contribution in [2.45, 2.75) is 12.1 Å². The van der Waals surface area contributed by atoms with Crippen LogP contribution in [0.4, 0.5) is 10.1 Å². The number of ketones is 1. The molecule has 2 aromatic carbocycles. The number of halogens is 2. The number of nitrogens with zero attached hydrogens (tertiary/aromatic N) is 2. The molecular weight excluding hydrogens is 463 g/mol. The Morgan fingerprint density at radius 1 is 1.00 bits per heavy atom. The zero-order valence-corrected chi connectivity index (χ0v) is 18.6. The quantitative estimate of drug-likeness (QED) is 0.395. The third-order valence-electron chi connectivity index (χ3n) is 6.66. The third kappa shape index (κ3) is 2.85. The van der Waals surface area contributed by atoms with Crippen LogP contribution in [0.15, 0.2) is 66.2 Å². The molecule has 0 bridgehead atoms. The highest BCUT2D eigenvalue weighted by Crippen LogP contribution is 2.53. The van der Waals surface area contributed by atoms with Gasteiger partial charge in [0.05, 0.1) is 33.5 Å². The van der Waals surface area contributed by atoms with Crippen molar-refractivity contribution < 1.29 is 18.8 Å². The fourth-order valence-corrected chi connectivity index (χ4v) is 6.17. The predicted molar refractivity (Wildman–Crippen MR) is 123 cm³/mol. The van der Waals surface area contributed by atoms with Gasteiger partial charge >= 0.3 is 0 Å². The summed E-state index contributed by atoms with van der Waals surface area (Å²) < 4.78 is 13.7. The van der Waals surface area contributed by atoms with Crippen LogP contribution in [-0.2, 0) is 9.59 Å². The molecule has 0 radical (unpaired) electrons. The fraction of sp³-hybridized carbons (Fsp3) is 0.160. The van der Waals surface area contributed by atoms with Crippen LogP contribution >= 0.6 is 22.9 Å². The van der Waals surface area contributed by atoms with Crippen LogP contribution < -0.4 is 4.90 Å². The second-order valence-electron chi connectivity index (χ2n) is 8.28. The van der Waals surface area contributed by atoms with Crippen molar-refractivity contribution in [1.29, 1.82) is 0 Å². The molecule has 3 aliphatic rings. The Balaban J connectivity index is 1.51. The third-order valence-corrected chi connectivity index (χ3v) is 7.83. The van der Waals surface area contributed by atoms with E-state index in [9.17, 15) is 18.8 Å². The minimum atomic E-state index is -0.864. The molecule has 0 aliphatic carbocycles. The number of thiophene rings is 1. The Bertz CT molecular complexity index is 1360. The van der Waals surface area contributed by atoms with E-state index in [0.717, 1.165) is 22.1 Å². The number of carbonyl (C=O) groups excluding carboxylic acids is 3. The normalized spacial score (nSPS) is 25.3. The first kappa shape index (κ1) is 20.3. The maximum atomic E-state index is 13.7. The van der Waals surface area contributed by atoms with Gasteiger partial charge in [-0.3, -0.25) is 14.4 Å². The van der Waals surface area contributed by atoms with E-state index in [1.54, 1.807) is 12.1 Å². The molecule has 33 heavy (non-hydrogen) atoms. The molecule has 3 aromatic rings. The second kappa shape index (κ2) is 7.37. The van der Waals surface area contributed by atoms with Gasteiger partial charge in [0, 0.05) is 6.20 Å². The Hall–Kier alpha value is -3.29. The molecule has 6 rings (SSSR count). The number of fused-ring (bicyclic) bond motifs is 5. The summed E-state index contributed by atoms with van der Waals surface area (Å²) in [4.78, 5) is 44.5. The molecular formula is C25H16ClFN2O3S. The van der Waals surface area contributed by atoms with Crippen molar-refractivity contribution in [1.82, 2.24) is 4.90 Å². The summed E-state index contributed by atoms with van der Waals surface area (Å²) in [5, 5.41) is 1.64. The first-order chi connectivity index (χ1) is 16.0. The fourth-order valence-electron chi connectivity index (χ4n) is 5.30. The number of rotatable bonds is 3. The van der Waals surface area contributed by atoms with Gasteiger partial charge in [0.1, 0.15) is 11.9 Å². The highest BCUT2D eigenvalue weighted by molar-refractivity contribution is 7.12. The van der Waals surface area contributed by atoms with Crippen LogP contribution in [0.25, 0.3) is 6.08 Å². The van der Waals surface area contributed by atoms with Crippen LogP contribution in [-0.4, -0.2) is 28.5 Å². The minimum absolute atomic E-state index is 0.177. The molecule has 164 valence electrons. The van der Waals surface area contributed by atoms with Gasteiger partial charge in [-0.25, -0.2) is 9.29 Å². The molecule has 2 saturated heterocycles. The molecule has 0 spiro atoms. The van der Waals surface area contributed by atoms with Gasteiger partial charge in [0.2, 0.25) is 11.8 Å². The van der Waals surface area contributed by atoms with Crippen LogP contribution in [0.1, 0.15) is 26.8 Å². The van der Waals surface area contributed by atoms with Crippen LogP contribution in [0.3, 0.4) is 0 Å². The number of hydrogen-bond acceptors (Lipinski definition) is 5. The van der Waals surface area contributed by atoms with E-state index in [0.29, 0.717) is 4.88 Å². The monoisotopic (exact) mass is 478 g/mol. The number of anilines is 1. The predicted octanol–water partition coefficient (Wildman–Crippen LogP) is 4.94. The summed E-state index contributed by atoms with van der Waals surface area (Å²) in [7, 11) is 0. The Morgan fingerprint density at radius 2 is 1.79 bits per heavy atom. The zero-order valence-electron chi connectivity index (χ0n) is 17.0. The lowest BCUT2D eigenvalue weighted by Crippen LogP contribution is -2.44. The Kier molecular flexibility index (Phi) is 4.54. The first-order valence-electron chi connectivity index (χ1n) is 10.4. The van der Waals surface area contributed by atoms with Crippen molar-refractivity contribution in [3.05, 3.63) is 93.0 Å². The highest BCUT2D eigenvalue weighted by atomic mass is 35.5. The maximum absolute atomic E-state index is 13.7. The minimum Gasteiger partial charge on any atom is -0.358 e. The van der Waals surface area contributed by atoms with Gasteiger partial charge in [-0.05, 0) is 46.8 Å². The standard InChI is InChI=1S/C25H16ClFN2O3S/c26-16-12-14(7-8-17(16)27)29-24(31)19-20(25(29)32)22(23(30)18-6-3-11-33-18)28-10-9-13-4-1-2-5-15(13)21(19)28/h1-12,19-22H. The molecule has 4 atom stereocenters. The molecule has 0 N–H and O–H groups in total. The molecule has 1 aromatic heterocycles. The second-order valence-corrected chi connectivity index (χ2v) is 9.64. The largest absolute Gasteiger partial charge is 0.358 e. The van der Waals surface area contributed by atoms with Crippen LogP contribution in [0.5, 0.6) is 0 Å². The van der Waals surface area contributed by atoms with Crippen molar-refractivity contribution >= 4 is 52.3 Å². The molecule has 5 nitrogen and oxygen atoms in total. The molecule has 8 heteroatoms. The smallest absolute Gasteiger partial charge is 0.240 e. The average molecular weight is 479 g/mol. The van der Waals surface area contributed by atoms with E-state index in [4.69, 9.17) is 11.6 Å². The molecule has 2 amide bonds. The van der Waals surface area contributed by atoms with Crippen molar-refractivity contribution in [2.24, 2.45) is 11.8 Å². The van der Waals surface area contributed by atoms with Gasteiger partial charge in [-0.1, -0.05) is 41.9 Å². The van der Waals surface area contributed by atoms with Crippen LogP contribution in [0.2, 0.25) is 5.02 Å². The van der Waals surface area contributed by atoms with E-state index in [2.05, 4.69) is 0 Å². The topological polar surface area (TPSA) is 57.7 Å². The van der Waals surface area contributed by atoms with E-state index in [-0.39, 0.29) is 16.5 Å². The Labute approximate surface area is 197 Å². The summed E-state index contributed by atoms with van der Waals surface area (Å²) in [6.45, 7) is 0. The SMILES string of the molecule is O=C(c1cccs1)C1C2C(=O)N(c3ccc(F)c(Cl)c3)C(=O)C2C2c3ccccc3C=CN12. The number of amides is 2. The lowest BCUT2D eigenvalue weighted by atomic mass is 9.84. The van der Waals surface area contributed by atoms with Crippen molar-refractivity contribution in [2.75, 3.05) is 4.90 Å². The van der Waals surface area contributed by atoms with E-state index in [1.165, 1.54) is 23.5 Å².